The summed E-state index contributed by atoms with van der Waals surface area (Å²) in [6.45, 7) is 0. The average molecular weight is 234 g/mol. The quantitative estimate of drug-likeness (QED) is 0.773. The highest BCUT2D eigenvalue weighted by molar-refractivity contribution is 5.96. The van der Waals surface area contributed by atoms with Gasteiger partial charge in [0.1, 0.15) is 0 Å². The standard InChI is InChI=1S/C11H14N4O2/c12-10-9(14-17-15-10)11(16)13-8-6-4-1-2-5(3-4)7(6)8/h4-8H,1-3H2,(H2,12,15)(H,13,16). The average Bonchev–Trinajstić information content (AvgIpc) is 2.76. The van der Waals surface area contributed by atoms with Crippen LogP contribution in [-0.4, -0.2) is 22.3 Å². The molecule has 1 aromatic heterocycles. The zero-order valence-corrected chi connectivity index (χ0v) is 9.30. The molecule has 3 N–H and O–H groups in total. The van der Waals surface area contributed by atoms with Gasteiger partial charge in [-0.05, 0) is 53.2 Å². The van der Waals surface area contributed by atoms with Gasteiger partial charge in [0, 0.05) is 6.04 Å². The lowest BCUT2D eigenvalue weighted by Crippen LogP contribution is -2.30. The molecule has 90 valence electrons. The van der Waals surface area contributed by atoms with E-state index in [1.54, 1.807) is 0 Å². The van der Waals surface area contributed by atoms with Gasteiger partial charge in [-0.1, -0.05) is 0 Å². The second kappa shape index (κ2) is 3.00. The van der Waals surface area contributed by atoms with Crippen molar-refractivity contribution in [2.24, 2.45) is 23.7 Å². The van der Waals surface area contributed by atoms with Crippen molar-refractivity contribution in [2.45, 2.75) is 25.3 Å². The minimum atomic E-state index is -0.248. The minimum absolute atomic E-state index is 0.0660. The molecule has 6 nitrogen and oxygen atoms in total. The summed E-state index contributed by atoms with van der Waals surface area (Å²) in [4.78, 5) is 11.9. The maximum atomic E-state index is 11.9. The highest BCUT2D eigenvalue weighted by Crippen LogP contribution is 2.65. The number of nitrogen functional groups attached to an aromatic ring is 1. The van der Waals surface area contributed by atoms with Crippen LogP contribution in [0.4, 0.5) is 5.82 Å². The number of fused-ring (bicyclic) bond motifs is 5. The Morgan fingerprint density at radius 3 is 2.59 bits per heavy atom. The van der Waals surface area contributed by atoms with Crippen molar-refractivity contribution < 1.29 is 9.42 Å². The Bertz CT molecular complexity index is 470. The second-order valence-electron chi connectivity index (χ2n) is 5.49. The number of nitrogens with two attached hydrogens (primary N) is 1. The zero-order valence-electron chi connectivity index (χ0n) is 9.30. The highest BCUT2D eigenvalue weighted by atomic mass is 16.6. The third kappa shape index (κ3) is 1.18. The van der Waals surface area contributed by atoms with Crippen LogP contribution in [0.25, 0.3) is 0 Å². The van der Waals surface area contributed by atoms with Crippen molar-refractivity contribution in [3.8, 4) is 0 Å². The molecule has 3 saturated carbocycles. The second-order valence-corrected chi connectivity index (χ2v) is 5.49. The number of aromatic nitrogens is 2. The van der Waals surface area contributed by atoms with Crippen LogP contribution in [0.1, 0.15) is 29.8 Å². The fourth-order valence-electron chi connectivity index (χ4n) is 4.09. The van der Waals surface area contributed by atoms with E-state index < -0.39 is 0 Å². The van der Waals surface area contributed by atoms with Gasteiger partial charge in [-0.25, -0.2) is 4.63 Å². The molecule has 0 saturated heterocycles. The number of carbonyl (C=O) groups excluding carboxylic acids is 1. The van der Waals surface area contributed by atoms with Gasteiger partial charge < -0.3 is 11.1 Å². The van der Waals surface area contributed by atoms with E-state index in [-0.39, 0.29) is 17.4 Å². The number of anilines is 1. The van der Waals surface area contributed by atoms with Crippen LogP contribution in [0.15, 0.2) is 4.63 Å². The number of carbonyl (C=O) groups is 1. The molecule has 1 amide bonds. The summed E-state index contributed by atoms with van der Waals surface area (Å²) >= 11 is 0. The molecule has 17 heavy (non-hydrogen) atoms. The molecule has 0 spiro atoms. The maximum Gasteiger partial charge on any atom is 0.277 e. The van der Waals surface area contributed by atoms with E-state index in [1.165, 1.54) is 19.3 Å². The van der Waals surface area contributed by atoms with E-state index in [4.69, 9.17) is 5.73 Å². The van der Waals surface area contributed by atoms with Crippen LogP contribution < -0.4 is 11.1 Å². The third-order valence-corrected chi connectivity index (χ3v) is 4.76. The Labute approximate surface area is 97.9 Å². The summed E-state index contributed by atoms with van der Waals surface area (Å²) in [5.41, 5.74) is 5.61. The van der Waals surface area contributed by atoms with Crippen LogP contribution in [0.3, 0.4) is 0 Å². The molecular weight excluding hydrogens is 220 g/mol. The van der Waals surface area contributed by atoms with Crippen LogP contribution in [0, 0.1) is 23.7 Å². The summed E-state index contributed by atoms with van der Waals surface area (Å²) in [7, 11) is 0. The predicted octanol–water partition coefficient (Wildman–Crippen LogP) is 0.426. The highest BCUT2D eigenvalue weighted by Gasteiger charge is 2.65. The van der Waals surface area contributed by atoms with Crippen molar-refractivity contribution in [3.05, 3.63) is 5.69 Å². The molecule has 4 atom stereocenters. The lowest BCUT2D eigenvalue weighted by atomic mass is 10.0. The van der Waals surface area contributed by atoms with E-state index in [2.05, 4.69) is 20.3 Å². The molecule has 0 radical (unpaired) electrons. The molecule has 3 fully saturated rings. The molecule has 1 aromatic rings. The van der Waals surface area contributed by atoms with Gasteiger partial charge in [-0.2, -0.15) is 0 Å². The number of amides is 1. The third-order valence-electron chi connectivity index (χ3n) is 4.76. The molecule has 0 aliphatic heterocycles. The SMILES string of the molecule is Nc1nonc1C(=O)NC1C2C3CCC(C3)C12. The van der Waals surface area contributed by atoms with Crippen LogP contribution >= 0.6 is 0 Å². The van der Waals surface area contributed by atoms with E-state index >= 15 is 0 Å². The van der Waals surface area contributed by atoms with Gasteiger partial charge in [-0.3, -0.25) is 4.79 Å². The van der Waals surface area contributed by atoms with Crippen molar-refractivity contribution in [1.82, 2.24) is 15.6 Å². The van der Waals surface area contributed by atoms with E-state index in [0.717, 1.165) is 11.8 Å². The number of nitrogens with zero attached hydrogens (tertiary/aromatic N) is 2. The van der Waals surface area contributed by atoms with Crippen molar-refractivity contribution >= 4 is 11.7 Å². The van der Waals surface area contributed by atoms with Gasteiger partial charge >= 0.3 is 0 Å². The van der Waals surface area contributed by atoms with Crippen LogP contribution in [-0.2, 0) is 0 Å². The van der Waals surface area contributed by atoms with Gasteiger partial charge in [0.25, 0.3) is 5.91 Å². The Morgan fingerprint density at radius 2 is 2.00 bits per heavy atom. The Morgan fingerprint density at radius 1 is 1.29 bits per heavy atom. The first-order chi connectivity index (χ1) is 8.25. The van der Waals surface area contributed by atoms with Crippen LogP contribution in [0.5, 0.6) is 0 Å². The molecule has 1 heterocycles. The van der Waals surface area contributed by atoms with Crippen LogP contribution in [0.2, 0.25) is 0 Å². The first-order valence-electron chi connectivity index (χ1n) is 6.14. The normalized spacial score (nSPS) is 41.3. The summed E-state index contributed by atoms with van der Waals surface area (Å²) in [6.07, 6.45) is 4.05. The molecule has 0 aromatic carbocycles. The molecule has 3 aliphatic rings. The van der Waals surface area contributed by atoms with Crippen molar-refractivity contribution in [2.75, 3.05) is 5.73 Å². The number of rotatable bonds is 2. The van der Waals surface area contributed by atoms with Gasteiger partial charge in [0.2, 0.25) is 11.5 Å². The molecule has 2 bridgehead atoms. The Kier molecular flexibility index (Phi) is 1.66. The first kappa shape index (κ1) is 9.44. The fourth-order valence-corrected chi connectivity index (χ4v) is 4.09. The summed E-state index contributed by atoms with van der Waals surface area (Å²) in [5.74, 6) is 2.91. The van der Waals surface area contributed by atoms with E-state index in [9.17, 15) is 4.79 Å². The summed E-state index contributed by atoms with van der Waals surface area (Å²) in [5, 5.41) is 9.95. The van der Waals surface area contributed by atoms with Gasteiger partial charge in [0.05, 0.1) is 0 Å². The largest absolute Gasteiger partial charge is 0.379 e. The lowest BCUT2D eigenvalue weighted by Gasteiger charge is -2.09. The number of hydrogen-bond donors (Lipinski definition) is 2. The number of hydrogen-bond acceptors (Lipinski definition) is 5. The molecule has 4 unspecified atom stereocenters. The predicted molar refractivity (Wildman–Crippen MR) is 57.8 cm³/mol. The topological polar surface area (TPSA) is 94.0 Å². The van der Waals surface area contributed by atoms with Crippen molar-refractivity contribution in [1.29, 1.82) is 0 Å². The first-order valence-corrected chi connectivity index (χ1v) is 6.14. The monoisotopic (exact) mass is 234 g/mol. The Hall–Kier alpha value is -1.59. The van der Waals surface area contributed by atoms with Gasteiger partial charge in [0.15, 0.2) is 0 Å². The molecular formula is C11H14N4O2. The smallest absolute Gasteiger partial charge is 0.277 e. The van der Waals surface area contributed by atoms with Crippen molar-refractivity contribution in [3.63, 3.8) is 0 Å². The lowest BCUT2D eigenvalue weighted by molar-refractivity contribution is 0.0935. The van der Waals surface area contributed by atoms with Gasteiger partial charge in [-0.15, -0.1) is 0 Å². The molecule has 6 heteroatoms. The minimum Gasteiger partial charge on any atom is -0.379 e. The Balaban J connectivity index is 1.47. The zero-order chi connectivity index (χ0) is 11.6. The maximum absolute atomic E-state index is 11.9. The van der Waals surface area contributed by atoms with E-state index in [1.807, 2.05) is 0 Å². The summed E-state index contributed by atoms with van der Waals surface area (Å²) < 4.78 is 4.43. The molecule has 4 rings (SSSR count). The van der Waals surface area contributed by atoms with E-state index in [0.29, 0.717) is 17.9 Å². The summed E-state index contributed by atoms with van der Waals surface area (Å²) in [6, 6.07) is 0.338. The fraction of sp³-hybridized carbons (Fsp3) is 0.727. The molecule has 3 aliphatic carbocycles. The number of nitrogens with one attached hydrogen (secondary N) is 1.